The number of nitrogens with one attached hydrogen (secondary N) is 3. The minimum atomic E-state index is 0.582. The summed E-state index contributed by atoms with van der Waals surface area (Å²) in [5.74, 6) is 1.40. The monoisotopic (exact) mass is 264 g/mol. The van der Waals surface area contributed by atoms with E-state index < -0.39 is 0 Å². The molecule has 7 nitrogen and oxygen atoms in total. The Hall–Kier alpha value is -1.89. The van der Waals surface area contributed by atoms with E-state index in [-0.39, 0.29) is 0 Å². The van der Waals surface area contributed by atoms with E-state index in [0.717, 1.165) is 49.3 Å². The average Bonchev–Trinajstić information content (AvgIpc) is 2.90. The highest BCUT2D eigenvalue weighted by atomic mass is 16.5. The minimum Gasteiger partial charge on any atom is -0.385 e. The number of anilines is 2. The molecular formula is C12H20N6O. The molecule has 0 bridgehead atoms. The van der Waals surface area contributed by atoms with Crippen molar-refractivity contribution >= 4 is 22.8 Å². The van der Waals surface area contributed by atoms with Crippen LogP contribution >= 0.6 is 0 Å². The number of H-pyrrole nitrogens is 1. The van der Waals surface area contributed by atoms with Gasteiger partial charge in [-0.25, -0.2) is 0 Å². The molecule has 7 heteroatoms. The van der Waals surface area contributed by atoms with E-state index in [1.807, 2.05) is 0 Å². The molecule has 0 fully saturated rings. The highest BCUT2D eigenvalue weighted by molar-refractivity contribution is 5.86. The molecular weight excluding hydrogens is 244 g/mol. The molecule has 0 spiro atoms. The number of aromatic nitrogens is 4. The highest BCUT2D eigenvalue weighted by Crippen LogP contribution is 2.19. The van der Waals surface area contributed by atoms with E-state index in [2.05, 4.69) is 30.8 Å². The van der Waals surface area contributed by atoms with Crippen LogP contribution in [0.1, 0.15) is 19.3 Å². The third kappa shape index (κ3) is 3.54. The van der Waals surface area contributed by atoms with Crippen molar-refractivity contribution in [3.63, 3.8) is 0 Å². The van der Waals surface area contributed by atoms with Crippen LogP contribution in [0.3, 0.4) is 0 Å². The molecule has 0 amide bonds. The average molecular weight is 264 g/mol. The van der Waals surface area contributed by atoms with Crippen molar-refractivity contribution in [2.75, 3.05) is 37.9 Å². The van der Waals surface area contributed by atoms with Crippen molar-refractivity contribution in [3.05, 3.63) is 6.20 Å². The second kappa shape index (κ2) is 6.89. The lowest BCUT2D eigenvalue weighted by Gasteiger charge is -2.08. The molecule has 0 atom stereocenters. The summed E-state index contributed by atoms with van der Waals surface area (Å²) in [4.78, 5) is 8.69. The molecule has 2 aromatic heterocycles. The van der Waals surface area contributed by atoms with Gasteiger partial charge in [0.15, 0.2) is 5.65 Å². The van der Waals surface area contributed by atoms with Gasteiger partial charge in [-0.1, -0.05) is 0 Å². The summed E-state index contributed by atoms with van der Waals surface area (Å²) in [7, 11) is 3.53. The van der Waals surface area contributed by atoms with E-state index in [1.165, 1.54) is 0 Å². The van der Waals surface area contributed by atoms with Crippen LogP contribution in [0.5, 0.6) is 0 Å². The third-order valence-electron chi connectivity index (χ3n) is 2.85. The number of rotatable bonds is 8. The van der Waals surface area contributed by atoms with Gasteiger partial charge in [0.05, 0.1) is 11.6 Å². The molecule has 104 valence electrons. The lowest BCUT2D eigenvalue weighted by atomic mass is 10.2. The Labute approximate surface area is 112 Å². The van der Waals surface area contributed by atoms with Crippen LogP contribution in [0.2, 0.25) is 0 Å². The zero-order chi connectivity index (χ0) is 13.5. The molecule has 0 aromatic carbocycles. The number of hydrogen-bond acceptors (Lipinski definition) is 6. The minimum absolute atomic E-state index is 0.582. The van der Waals surface area contributed by atoms with E-state index in [1.54, 1.807) is 20.4 Å². The fourth-order valence-electron chi connectivity index (χ4n) is 1.84. The third-order valence-corrected chi connectivity index (χ3v) is 2.85. The van der Waals surface area contributed by atoms with E-state index in [4.69, 9.17) is 4.74 Å². The first-order valence-electron chi connectivity index (χ1n) is 6.47. The molecule has 19 heavy (non-hydrogen) atoms. The summed E-state index contributed by atoms with van der Waals surface area (Å²) < 4.78 is 5.02. The van der Waals surface area contributed by atoms with Crippen LogP contribution in [0.15, 0.2) is 6.20 Å². The predicted molar refractivity (Wildman–Crippen MR) is 75.4 cm³/mol. The van der Waals surface area contributed by atoms with Gasteiger partial charge in [-0.05, 0) is 19.3 Å². The zero-order valence-electron chi connectivity index (χ0n) is 11.4. The maximum Gasteiger partial charge on any atom is 0.226 e. The zero-order valence-corrected chi connectivity index (χ0v) is 11.4. The number of aromatic amines is 1. The molecule has 0 aliphatic rings. The van der Waals surface area contributed by atoms with Gasteiger partial charge >= 0.3 is 0 Å². The van der Waals surface area contributed by atoms with Gasteiger partial charge in [0, 0.05) is 27.3 Å². The summed E-state index contributed by atoms with van der Waals surface area (Å²) in [6.07, 6.45) is 5.05. The summed E-state index contributed by atoms with van der Waals surface area (Å²) in [5.41, 5.74) is 0.737. The molecule has 0 saturated heterocycles. The van der Waals surface area contributed by atoms with Gasteiger partial charge in [0.2, 0.25) is 5.95 Å². The van der Waals surface area contributed by atoms with Crippen molar-refractivity contribution in [3.8, 4) is 0 Å². The molecule has 3 N–H and O–H groups in total. The van der Waals surface area contributed by atoms with Crippen molar-refractivity contribution in [1.29, 1.82) is 0 Å². The SMILES string of the molecule is CNc1nc(NCCCCCOC)c2cn[nH]c2n1. The Morgan fingerprint density at radius 3 is 2.95 bits per heavy atom. The van der Waals surface area contributed by atoms with Crippen molar-refractivity contribution in [2.45, 2.75) is 19.3 Å². The molecule has 2 rings (SSSR count). The van der Waals surface area contributed by atoms with E-state index >= 15 is 0 Å². The van der Waals surface area contributed by atoms with Crippen LogP contribution in [0, 0.1) is 0 Å². The summed E-state index contributed by atoms with van der Waals surface area (Å²) >= 11 is 0. The first-order chi connectivity index (χ1) is 9.35. The summed E-state index contributed by atoms with van der Waals surface area (Å²) in [5, 5.41) is 14.0. The van der Waals surface area contributed by atoms with Crippen LogP contribution in [0.25, 0.3) is 11.0 Å². The molecule has 0 saturated carbocycles. The number of ether oxygens (including phenoxy) is 1. The van der Waals surface area contributed by atoms with Gasteiger partial charge in [-0.2, -0.15) is 15.1 Å². The van der Waals surface area contributed by atoms with Crippen LogP contribution in [-0.2, 0) is 4.74 Å². The number of methoxy groups -OCH3 is 1. The fourth-order valence-corrected chi connectivity index (χ4v) is 1.84. The second-order valence-electron chi connectivity index (χ2n) is 4.26. The Morgan fingerprint density at radius 2 is 2.16 bits per heavy atom. The quantitative estimate of drug-likeness (QED) is 0.628. The number of hydrogen-bond donors (Lipinski definition) is 3. The summed E-state index contributed by atoms with van der Waals surface area (Å²) in [6, 6.07) is 0. The van der Waals surface area contributed by atoms with E-state index in [9.17, 15) is 0 Å². The summed E-state index contributed by atoms with van der Waals surface area (Å²) in [6.45, 7) is 1.70. The normalized spacial score (nSPS) is 10.8. The topological polar surface area (TPSA) is 87.8 Å². The molecule has 0 aliphatic carbocycles. The van der Waals surface area contributed by atoms with Gasteiger partial charge in [-0.3, -0.25) is 5.10 Å². The first-order valence-corrected chi connectivity index (χ1v) is 6.47. The van der Waals surface area contributed by atoms with Gasteiger partial charge in [0.1, 0.15) is 5.82 Å². The predicted octanol–water partition coefficient (Wildman–Crippen LogP) is 1.62. The fraction of sp³-hybridized carbons (Fsp3) is 0.583. The Bertz CT molecular complexity index is 512. The highest BCUT2D eigenvalue weighted by Gasteiger charge is 2.07. The maximum atomic E-state index is 5.02. The van der Waals surface area contributed by atoms with Gasteiger partial charge in [0.25, 0.3) is 0 Å². The molecule has 0 unspecified atom stereocenters. The van der Waals surface area contributed by atoms with Crippen molar-refractivity contribution in [2.24, 2.45) is 0 Å². The van der Waals surface area contributed by atoms with Crippen molar-refractivity contribution in [1.82, 2.24) is 20.2 Å². The Balaban J connectivity index is 1.93. The lowest BCUT2D eigenvalue weighted by Crippen LogP contribution is -2.06. The van der Waals surface area contributed by atoms with Crippen LogP contribution in [-0.4, -0.2) is 47.5 Å². The van der Waals surface area contributed by atoms with Gasteiger partial charge < -0.3 is 15.4 Å². The second-order valence-corrected chi connectivity index (χ2v) is 4.26. The number of nitrogens with zero attached hydrogens (tertiary/aromatic N) is 3. The van der Waals surface area contributed by atoms with Crippen LogP contribution < -0.4 is 10.6 Å². The van der Waals surface area contributed by atoms with Crippen LogP contribution in [0.4, 0.5) is 11.8 Å². The molecule has 0 radical (unpaired) electrons. The molecule has 2 heterocycles. The van der Waals surface area contributed by atoms with E-state index in [0.29, 0.717) is 5.95 Å². The molecule has 0 aliphatic heterocycles. The molecule has 2 aromatic rings. The first kappa shape index (κ1) is 13.5. The smallest absolute Gasteiger partial charge is 0.226 e. The Kier molecular flexibility index (Phi) is 4.91. The largest absolute Gasteiger partial charge is 0.385 e. The van der Waals surface area contributed by atoms with Gasteiger partial charge in [-0.15, -0.1) is 0 Å². The standard InChI is InChI=1S/C12H20N6O/c1-13-12-16-10(9-8-15-18-11(9)17-12)14-6-4-3-5-7-19-2/h8H,3-7H2,1-2H3,(H3,13,14,15,16,17,18). The number of fused-ring (bicyclic) bond motifs is 1. The van der Waals surface area contributed by atoms with Crippen molar-refractivity contribution < 1.29 is 4.74 Å². The lowest BCUT2D eigenvalue weighted by molar-refractivity contribution is 0.192. The number of unbranched alkanes of at least 4 members (excludes halogenated alkanes) is 2. The maximum absolute atomic E-state index is 5.02. The Morgan fingerprint density at radius 1 is 1.26 bits per heavy atom.